The average molecular weight is 362 g/mol. The fourth-order valence-electron chi connectivity index (χ4n) is 6.09. The van der Waals surface area contributed by atoms with Crippen LogP contribution in [0.1, 0.15) is 48.8 Å². The Bertz CT molecular complexity index is 753. The van der Waals surface area contributed by atoms with Crippen molar-refractivity contribution in [3.8, 4) is 5.75 Å². The van der Waals surface area contributed by atoms with Crippen molar-refractivity contribution in [1.82, 2.24) is 5.32 Å². The van der Waals surface area contributed by atoms with Crippen molar-refractivity contribution in [2.24, 2.45) is 23.7 Å². The van der Waals surface area contributed by atoms with Gasteiger partial charge in [-0.3, -0.25) is 0 Å². The molecule has 4 bridgehead atoms. The van der Waals surface area contributed by atoms with E-state index in [0.29, 0.717) is 6.61 Å². The van der Waals surface area contributed by atoms with Crippen LogP contribution in [-0.2, 0) is 13.2 Å². The van der Waals surface area contributed by atoms with E-state index in [9.17, 15) is 0 Å². The Morgan fingerprint density at radius 3 is 2.26 bits per heavy atom. The van der Waals surface area contributed by atoms with Crippen LogP contribution in [0.4, 0.5) is 0 Å². The van der Waals surface area contributed by atoms with Gasteiger partial charge >= 0.3 is 0 Å². The number of hydrogen-bond acceptors (Lipinski definition) is 2. The van der Waals surface area contributed by atoms with E-state index in [4.69, 9.17) is 4.74 Å². The van der Waals surface area contributed by atoms with E-state index >= 15 is 0 Å². The third kappa shape index (κ3) is 3.78. The number of nitrogens with one attached hydrogen (secondary N) is 1. The van der Waals surface area contributed by atoms with Gasteiger partial charge in [0.15, 0.2) is 0 Å². The summed E-state index contributed by atoms with van der Waals surface area (Å²) < 4.78 is 6.03. The number of benzene rings is 2. The molecular formula is C25H31NO. The molecule has 0 heterocycles. The molecule has 0 atom stereocenters. The fourth-order valence-corrected chi connectivity index (χ4v) is 6.09. The summed E-state index contributed by atoms with van der Waals surface area (Å²) in [5, 5.41) is 3.93. The zero-order valence-electron chi connectivity index (χ0n) is 16.4. The van der Waals surface area contributed by atoms with Gasteiger partial charge in [-0.05, 0) is 86.0 Å². The lowest BCUT2D eigenvalue weighted by Gasteiger charge is -2.54. The molecule has 6 rings (SSSR count). The van der Waals surface area contributed by atoms with Crippen LogP contribution >= 0.6 is 0 Å². The van der Waals surface area contributed by atoms with Crippen LogP contribution in [0.2, 0.25) is 0 Å². The van der Waals surface area contributed by atoms with Crippen molar-refractivity contribution in [3.63, 3.8) is 0 Å². The lowest BCUT2D eigenvalue weighted by Crippen LogP contribution is -2.54. The quantitative estimate of drug-likeness (QED) is 0.735. The summed E-state index contributed by atoms with van der Waals surface area (Å²) in [7, 11) is 0. The molecule has 0 spiro atoms. The summed E-state index contributed by atoms with van der Waals surface area (Å²) in [6.07, 6.45) is 7.43. The Balaban J connectivity index is 1.18. The SMILES string of the molecule is Cc1ccc(COc2cccc(CNC3C4CC5CC(C4)CC3C5)c2)cc1. The topological polar surface area (TPSA) is 21.3 Å². The number of ether oxygens (including phenoxy) is 1. The molecule has 4 aliphatic rings. The smallest absolute Gasteiger partial charge is 0.120 e. The monoisotopic (exact) mass is 361 g/mol. The van der Waals surface area contributed by atoms with Crippen LogP contribution in [0, 0.1) is 30.6 Å². The van der Waals surface area contributed by atoms with Gasteiger partial charge in [-0.25, -0.2) is 0 Å². The Morgan fingerprint density at radius 2 is 1.56 bits per heavy atom. The molecule has 2 aromatic rings. The van der Waals surface area contributed by atoms with Crippen molar-refractivity contribution < 1.29 is 4.74 Å². The molecule has 0 radical (unpaired) electrons. The first-order valence-corrected chi connectivity index (χ1v) is 10.7. The minimum atomic E-state index is 0.632. The Morgan fingerprint density at radius 1 is 0.852 bits per heavy atom. The standard InChI is InChI=1S/C25H31NO/c1-17-5-7-18(8-6-17)16-27-24-4-2-3-19(14-24)15-26-25-22-10-20-9-21(12-22)13-23(25)11-20/h2-8,14,20-23,25-26H,9-13,15-16H2,1H3. The maximum Gasteiger partial charge on any atom is 0.120 e. The molecular weight excluding hydrogens is 330 g/mol. The van der Waals surface area contributed by atoms with Gasteiger partial charge in [0.1, 0.15) is 12.4 Å². The van der Waals surface area contributed by atoms with E-state index in [1.54, 1.807) is 0 Å². The van der Waals surface area contributed by atoms with Crippen molar-refractivity contribution >= 4 is 0 Å². The fraction of sp³-hybridized carbons (Fsp3) is 0.520. The van der Waals surface area contributed by atoms with Gasteiger partial charge in [0.05, 0.1) is 0 Å². The van der Waals surface area contributed by atoms with Crippen LogP contribution in [0.5, 0.6) is 5.75 Å². The lowest BCUT2D eigenvalue weighted by molar-refractivity contribution is -0.0142. The summed E-state index contributed by atoms with van der Waals surface area (Å²) >= 11 is 0. The highest BCUT2D eigenvalue weighted by molar-refractivity contribution is 5.29. The molecule has 4 fully saturated rings. The highest BCUT2D eigenvalue weighted by Gasteiger charge is 2.47. The van der Waals surface area contributed by atoms with Gasteiger partial charge in [-0.15, -0.1) is 0 Å². The molecule has 2 nitrogen and oxygen atoms in total. The van der Waals surface area contributed by atoms with Crippen molar-refractivity contribution in [1.29, 1.82) is 0 Å². The van der Waals surface area contributed by atoms with E-state index in [-0.39, 0.29) is 0 Å². The first-order valence-electron chi connectivity index (χ1n) is 10.7. The van der Waals surface area contributed by atoms with Gasteiger partial charge < -0.3 is 10.1 Å². The highest BCUT2D eigenvalue weighted by Crippen LogP contribution is 2.53. The lowest BCUT2D eigenvalue weighted by atomic mass is 9.54. The third-order valence-corrected chi connectivity index (χ3v) is 7.19. The van der Waals surface area contributed by atoms with Gasteiger partial charge in [0, 0.05) is 12.6 Å². The van der Waals surface area contributed by atoms with Crippen molar-refractivity contribution in [2.45, 2.75) is 58.2 Å². The molecule has 4 aliphatic carbocycles. The minimum Gasteiger partial charge on any atom is -0.489 e. The number of rotatable bonds is 6. The Hall–Kier alpha value is -1.80. The first-order chi connectivity index (χ1) is 13.2. The van der Waals surface area contributed by atoms with Crippen LogP contribution in [0.25, 0.3) is 0 Å². The second kappa shape index (κ2) is 7.31. The zero-order valence-corrected chi connectivity index (χ0v) is 16.4. The third-order valence-electron chi connectivity index (χ3n) is 7.19. The second-order valence-corrected chi connectivity index (χ2v) is 9.26. The molecule has 0 unspecified atom stereocenters. The van der Waals surface area contributed by atoms with Gasteiger partial charge in [0.2, 0.25) is 0 Å². The van der Waals surface area contributed by atoms with E-state index in [0.717, 1.165) is 42.0 Å². The Labute approximate surface area is 163 Å². The van der Waals surface area contributed by atoms with E-state index in [1.807, 2.05) is 0 Å². The van der Waals surface area contributed by atoms with Crippen molar-refractivity contribution in [2.75, 3.05) is 0 Å². The molecule has 0 aromatic heterocycles. The van der Waals surface area contributed by atoms with E-state index < -0.39 is 0 Å². The van der Waals surface area contributed by atoms with Crippen molar-refractivity contribution in [3.05, 3.63) is 65.2 Å². The number of hydrogen-bond donors (Lipinski definition) is 1. The highest BCUT2D eigenvalue weighted by atomic mass is 16.5. The molecule has 2 heteroatoms. The molecule has 2 aromatic carbocycles. The van der Waals surface area contributed by atoms with Crippen LogP contribution < -0.4 is 10.1 Å². The van der Waals surface area contributed by atoms with E-state index in [2.05, 4.69) is 60.8 Å². The predicted octanol–water partition coefficient (Wildman–Crippen LogP) is 5.49. The second-order valence-electron chi connectivity index (χ2n) is 9.26. The average Bonchev–Trinajstić information content (AvgIpc) is 2.67. The molecule has 1 N–H and O–H groups in total. The summed E-state index contributed by atoms with van der Waals surface area (Å²) in [6.45, 7) is 3.71. The minimum absolute atomic E-state index is 0.632. The molecule has 4 saturated carbocycles. The van der Waals surface area contributed by atoms with Gasteiger partial charge in [0.25, 0.3) is 0 Å². The normalized spacial score (nSPS) is 31.2. The molecule has 27 heavy (non-hydrogen) atoms. The maximum atomic E-state index is 6.03. The molecule has 0 aliphatic heterocycles. The Kier molecular flexibility index (Phi) is 4.69. The summed E-state index contributed by atoms with van der Waals surface area (Å²) in [6, 6.07) is 17.9. The zero-order chi connectivity index (χ0) is 18.2. The molecule has 0 saturated heterocycles. The summed E-state index contributed by atoms with van der Waals surface area (Å²) in [5.41, 5.74) is 3.85. The number of aryl methyl sites for hydroxylation is 1. The van der Waals surface area contributed by atoms with Crippen LogP contribution in [0.15, 0.2) is 48.5 Å². The predicted molar refractivity (Wildman–Crippen MR) is 110 cm³/mol. The van der Waals surface area contributed by atoms with Gasteiger partial charge in [-0.1, -0.05) is 42.0 Å². The maximum absolute atomic E-state index is 6.03. The first kappa shape index (κ1) is 17.3. The summed E-state index contributed by atoms with van der Waals surface area (Å²) in [4.78, 5) is 0. The summed E-state index contributed by atoms with van der Waals surface area (Å²) in [5.74, 6) is 4.93. The van der Waals surface area contributed by atoms with E-state index in [1.165, 1.54) is 48.8 Å². The van der Waals surface area contributed by atoms with Gasteiger partial charge in [-0.2, -0.15) is 0 Å². The van der Waals surface area contributed by atoms with Crippen LogP contribution in [-0.4, -0.2) is 6.04 Å². The molecule has 142 valence electrons. The van der Waals surface area contributed by atoms with Crippen LogP contribution in [0.3, 0.4) is 0 Å². The largest absolute Gasteiger partial charge is 0.489 e. The molecule has 0 amide bonds.